The molecule has 0 bridgehead atoms. The zero-order chi connectivity index (χ0) is 19.5. The smallest absolute Gasteiger partial charge is 0.329 e. The van der Waals surface area contributed by atoms with Crippen molar-refractivity contribution < 1.29 is 27.5 Å². The highest BCUT2D eigenvalue weighted by Crippen LogP contribution is 2.30. The second kappa shape index (κ2) is 7.71. The molecule has 1 saturated heterocycles. The minimum Gasteiger partial charge on any atom is -0.480 e. The lowest BCUT2D eigenvalue weighted by Crippen LogP contribution is -2.50. The van der Waals surface area contributed by atoms with Crippen LogP contribution in [0, 0.1) is 5.82 Å². The summed E-state index contributed by atoms with van der Waals surface area (Å²) < 4.78 is 38.8. The summed E-state index contributed by atoms with van der Waals surface area (Å²) in [5.41, 5.74) is -1.19. The standard InChI is InChI=1S/C17H23FN2O5S/c1-17(16(22)23)10-4-12-20(17)15(21)5-3-11-19(2)26(24,25)14-8-6-13(18)7-9-14/h6-9H,3-5,10-12H2,1-2H3,(H,22,23). The second-order valence-corrected chi connectivity index (χ2v) is 8.66. The number of benzene rings is 1. The number of rotatable bonds is 7. The van der Waals surface area contributed by atoms with Gasteiger partial charge in [-0.2, -0.15) is 0 Å². The first-order valence-corrected chi connectivity index (χ1v) is 9.79. The monoisotopic (exact) mass is 386 g/mol. The Bertz CT molecular complexity index is 781. The molecule has 1 aliphatic rings. The van der Waals surface area contributed by atoms with Gasteiger partial charge in [0.25, 0.3) is 0 Å². The number of aliphatic carboxylic acids is 1. The van der Waals surface area contributed by atoms with Gasteiger partial charge in [-0.1, -0.05) is 0 Å². The number of carboxylic acid groups (broad SMARTS) is 1. The summed E-state index contributed by atoms with van der Waals surface area (Å²) in [7, 11) is -2.37. The molecule has 1 aromatic carbocycles. The maximum absolute atomic E-state index is 12.9. The van der Waals surface area contributed by atoms with Gasteiger partial charge in [0, 0.05) is 26.6 Å². The number of amides is 1. The molecule has 9 heteroatoms. The first-order valence-electron chi connectivity index (χ1n) is 8.35. The van der Waals surface area contributed by atoms with Crippen molar-refractivity contribution in [3.8, 4) is 0 Å². The Kier molecular flexibility index (Phi) is 6.02. The van der Waals surface area contributed by atoms with Gasteiger partial charge in [0.1, 0.15) is 11.4 Å². The zero-order valence-corrected chi connectivity index (χ0v) is 15.6. The van der Waals surface area contributed by atoms with E-state index in [4.69, 9.17) is 0 Å². The van der Waals surface area contributed by atoms with Crippen LogP contribution in [0.3, 0.4) is 0 Å². The van der Waals surface area contributed by atoms with Crippen LogP contribution in [0.4, 0.5) is 4.39 Å². The van der Waals surface area contributed by atoms with E-state index in [1.165, 1.54) is 31.0 Å². The van der Waals surface area contributed by atoms with Crippen LogP contribution in [0.1, 0.15) is 32.6 Å². The van der Waals surface area contributed by atoms with Gasteiger partial charge < -0.3 is 10.0 Å². The van der Waals surface area contributed by atoms with Gasteiger partial charge in [0.05, 0.1) is 4.90 Å². The fourth-order valence-corrected chi connectivity index (χ4v) is 4.29. The molecule has 1 unspecified atom stereocenters. The lowest BCUT2D eigenvalue weighted by Gasteiger charge is -2.31. The normalized spacial score (nSPS) is 20.5. The fraction of sp³-hybridized carbons (Fsp3) is 0.529. The minimum absolute atomic E-state index is 0.0225. The molecule has 1 atom stereocenters. The van der Waals surface area contributed by atoms with Crippen molar-refractivity contribution in [1.29, 1.82) is 0 Å². The molecule has 2 rings (SSSR count). The molecule has 1 heterocycles. The zero-order valence-electron chi connectivity index (χ0n) is 14.8. The van der Waals surface area contributed by atoms with E-state index in [-0.39, 0.29) is 30.2 Å². The van der Waals surface area contributed by atoms with Crippen LogP contribution >= 0.6 is 0 Å². The average molecular weight is 386 g/mol. The number of nitrogens with zero attached hydrogens (tertiary/aromatic N) is 2. The van der Waals surface area contributed by atoms with Gasteiger partial charge in [-0.05, 0) is 50.5 Å². The second-order valence-electron chi connectivity index (χ2n) is 6.61. The Labute approximate surface area is 152 Å². The van der Waals surface area contributed by atoms with Crippen LogP contribution in [0.25, 0.3) is 0 Å². The fourth-order valence-electron chi connectivity index (χ4n) is 3.08. The number of sulfonamides is 1. The summed E-state index contributed by atoms with van der Waals surface area (Å²) >= 11 is 0. The van der Waals surface area contributed by atoms with Gasteiger partial charge in [0.2, 0.25) is 15.9 Å². The van der Waals surface area contributed by atoms with E-state index in [0.717, 1.165) is 16.4 Å². The molecule has 144 valence electrons. The number of halogens is 1. The Balaban J connectivity index is 1.93. The third-order valence-electron chi connectivity index (χ3n) is 4.79. The molecule has 0 aliphatic carbocycles. The number of likely N-dealkylation sites (tertiary alicyclic amines) is 1. The Morgan fingerprint density at radius 1 is 1.31 bits per heavy atom. The lowest BCUT2D eigenvalue weighted by molar-refractivity contribution is -0.155. The minimum atomic E-state index is -3.76. The first kappa shape index (κ1) is 20.3. The van der Waals surface area contributed by atoms with E-state index in [1.54, 1.807) is 0 Å². The highest BCUT2D eigenvalue weighted by molar-refractivity contribution is 7.89. The van der Waals surface area contributed by atoms with Crippen molar-refractivity contribution in [2.45, 2.75) is 43.0 Å². The van der Waals surface area contributed by atoms with Crippen molar-refractivity contribution in [1.82, 2.24) is 9.21 Å². The van der Waals surface area contributed by atoms with E-state index >= 15 is 0 Å². The quantitative estimate of drug-likeness (QED) is 0.769. The van der Waals surface area contributed by atoms with Gasteiger partial charge in [-0.3, -0.25) is 4.79 Å². The Morgan fingerprint density at radius 2 is 1.92 bits per heavy atom. The summed E-state index contributed by atoms with van der Waals surface area (Å²) in [5.74, 6) is -1.84. The summed E-state index contributed by atoms with van der Waals surface area (Å²) in [5, 5.41) is 9.35. The third kappa shape index (κ3) is 4.04. The van der Waals surface area contributed by atoms with Gasteiger partial charge >= 0.3 is 5.97 Å². The summed E-state index contributed by atoms with van der Waals surface area (Å²) in [6.07, 6.45) is 1.37. The van der Waals surface area contributed by atoms with E-state index in [1.807, 2.05) is 0 Å². The number of hydrogen-bond donors (Lipinski definition) is 1. The molecule has 26 heavy (non-hydrogen) atoms. The van der Waals surface area contributed by atoms with Crippen molar-refractivity contribution in [2.24, 2.45) is 0 Å². The van der Waals surface area contributed by atoms with Crippen LogP contribution in [0.15, 0.2) is 29.2 Å². The highest BCUT2D eigenvalue weighted by atomic mass is 32.2. The summed E-state index contributed by atoms with van der Waals surface area (Å²) in [4.78, 5) is 25.1. The number of carbonyl (C=O) groups excluding carboxylic acids is 1. The van der Waals surface area contributed by atoms with E-state index < -0.39 is 27.3 Å². The lowest BCUT2D eigenvalue weighted by atomic mass is 9.99. The number of hydrogen-bond acceptors (Lipinski definition) is 4. The Morgan fingerprint density at radius 3 is 2.50 bits per heavy atom. The predicted octanol–water partition coefficient (Wildman–Crippen LogP) is 1.69. The number of carbonyl (C=O) groups is 2. The molecular weight excluding hydrogens is 363 g/mol. The highest BCUT2D eigenvalue weighted by Gasteiger charge is 2.45. The molecule has 1 N–H and O–H groups in total. The van der Waals surface area contributed by atoms with Crippen LogP contribution < -0.4 is 0 Å². The van der Waals surface area contributed by atoms with E-state index in [9.17, 15) is 27.5 Å². The Hall–Kier alpha value is -2.00. The van der Waals surface area contributed by atoms with Crippen LogP contribution in [0.5, 0.6) is 0 Å². The predicted molar refractivity (Wildman–Crippen MR) is 92.4 cm³/mol. The summed E-state index contributed by atoms with van der Waals surface area (Å²) in [6, 6.07) is 4.53. The summed E-state index contributed by atoms with van der Waals surface area (Å²) in [6.45, 7) is 2.03. The molecule has 1 amide bonds. The molecule has 0 radical (unpaired) electrons. The van der Waals surface area contributed by atoms with Crippen molar-refractivity contribution in [2.75, 3.05) is 20.1 Å². The van der Waals surface area contributed by atoms with Crippen LogP contribution in [0.2, 0.25) is 0 Å². The topological polar surface area (TPSA) is 95.0 Å². The average Bonchev–Trinajstić information content (AvgIpc) is 2.98. The molecule has 1 aliphatic heterocycles. The maximum Gasteiger partial charge on any atom is 0.329 e. The SMILES string of the molecule is CN(CCCC(=O)N1CCCC1(C)C(=O)O)S(=O)(=O)c1ccc(F)cc1. The molecular formula is C17H23FN2O5S. The van der Waals surface area contributed by atoms with Crippen molar-refractivity contribution in [3.05, 3.63) is 30.1 Å². The van der Waals surface area contributed by atoms with Gasteiger partial charge in [-0.15, -0.1) is 0 Å². The molecule has 7 nitrogen and oxygen atoms in total. The van der Waals surface area contributed by atoms with E-state index in [2.05, 4.69) is 0 Å². The molecule has 0 spiro atoms. The molecule has 1 aromatic rings. The number of carboxylic acids is 1. The van der Waals surface area contributed by atoms with Crippen LogP contribution in [-0.2, 0) is 19.6 Å². The first-order chi connectivity index (χ1) is 12.1. The third-order valence-corrected chi connectivity index (χ3v) is 6.66. The van der Waals surface area contributed by atoms with Crippen LogP contribution in [-0.4, -0.2) is 60.3 Å². The van der Waals surface area contributed by atoms with Crippen molar-refractivity contribution in [3.63, 3.8) is 0 Å². The van der Waals surface area contributed by atoms with Crippen molar-refractivity contribution >= 4 is 21.9 Å². The van der Waals surface area contributed by atoms with Gasteiger partial charge in [0.15, 0.2) is 0 Å². The molecule has 1 fully saturated rings. The molecule has 0 aromatic heterocycles. The largest absolute Gasteiger partial charge is 0.480 e. The van der Waals surface area contributed by atoms with Gasteiger partial charge in [-0.25, -0.2) is 21.9 Å². The van der Waals surface area contributed by atoms with E-state index in [0.29, 0.717) is 19.4 Å². The maximum atomic E-state index is 12.9. The molecule has 0 saturated carbocycles.